The summed E-state index contributed by atoms with van der Waals surface area (Å²) in [6.45, 7) is 9.36. The van der Waals surface area contributed by atoms with Crippen LogP contribution in [0, 0.1) is 5.82 Å². The van der Waals surface area contributed by atoms with E-state index in [1.807, 2.05) is 24.4 Å². The van der Waals surface area contributed by atoms with Gasteiger partial charge in [0.2, 0.25) is 0 Å². The predicted octanol–water partition coefficient (Wildman–Crippen LogP) is 4.03. The maximum atomic E-state index is 14.8. The summed E-state index contributed by atoms with van der Waals surface area (Å²) in [5, 5.41) is 6.50. The van der Waals surface area contributed by atoms with Crippen molar-refractivity contribution in [1.82, 2.24) is 15.3 Å². The molecule has 1 aromatic carbocycles. The molecule has 1 fully saturated rings. The van der Waals surface area contributed by atoms with Gasteiger partial charge >= 0.3 is 6.01 Å². The molecule has 174 valence electrons. The summed E-state index contributed by atoms with van der Waals surface area (Å²) in [6, 6.07) is 7.84. The number of benzene rings is 1. The van der Waals surface area contributed by atoms with Gasteiger partial charge in [-0.15, -0.1) is 0 Å². The summed E-state index contributed by atoms with van der Waals surface area (Å²) in [5.74, 6) is 0.535. The van der Waals surface area contributed by atoms with Crippen molar-refractivity contribution in [1.29, 1.82) is 0 Å². The van der Waals surface area contributed by atoms with Crippen LogP contribution >= 0.6 is 0 Å². The normalized spacial score (nSPS) is 16.4. The van der Waals surface area contributed by atoms with Gasteiger partial charge in [-0.05, 0) is 51.1 Å². The molecule has 3 aromatic rings. The third-order valence-electron chi connectivity index (χ3n) is 6.02. The van der Waals surface area contributed by atoms with Crippen LogP contribution in [-0.2, 0) is 0 Å². The first-order valence-electron chi connectivity index (χ1n) is 11.5. The molecule has 0 saturated carbocycles. The van der Waals surface area contributed by atoms with Gasteiger partial charge in [0.1, 0.15) is 24.4 Å². The number of fused-ring (bicyclic) bond motifs is 1. The molecule has 0 atom stereocenters. The second-order valence-corrected chi connectivity index (χ2v) is 8.60. The second-order valence-electron chi connectivity index (χ2n) is 8.60. The van der Waals surface area contributed by atoms with E-state index in [2.05, 4.69) is 44.2 Å². The van der Waals surface area contributed by atoms with Crippen molar-refractivity contribution in [3.05, 3.63) is 42.5 Å². The van der Waals surface area contributed by atoms with Gasteiger partial charge in [-0.3, -0.25) is 5.32 Å². The number of anilines is 4. The van der Waals surface area contributed by atoms with E-state index in [9.17, 15) is 4.39 Å². The molecular formula is C24H29FN6O2. The van der Waals surface area contributed by atoms with Crippen LogP contribution in [0.15, 0.2) is 41.1 Å². The molecule has 0 bridgehead atoms. The van der Waals surface area contributed by atoms with Gasteiger partial charge in [-0.2, -0.15) is 4.98 Å². The molecule has 0 unspecified atom stereocenters. The van der Waals surface area contributed by atoms with Crippen molar-refractivity contribution >= 4 is 23.2 Å². The number of halogens is 1. The predicted molar refractivity (Wildman–Crippen MR) is 127 cm³/mol. The number of hydrogen-bond acceptors (Lipinski definition) is 8. The van der Waals surface area contributed by atoms with E-state index in [0.29, 0.717) is 35.4 Å². The van der Waals surface area contributed by atoms with Crippen LogP contribution in [0.2, 0.25) is 0 Å². The zero-order chi connectivity index (χ0) is 22.8. The Bertz CT molecular complexity index is 1090. The lowest BCUT2D eigenvalue weighted by Crippen LogP contribution is -2.38. The maximum absolute atomic E-state index is 14.8. The molecule has 0 spiro atoms. The maximum Gasteiger partial charge on any atom is 0.300 e. The highest BCUT2D eigenvalue weighted by molar-refractivity contribution is 5.72. The molecule has 1 saturated heterocycles. The van der Waals surface area contributed by atoms with Gasteiger partial charge < -0.3 is 24.3 Å². The number of hydrogen-bond donors (Lipinski definition) is 2. The van der Waals surface area contributed by atoms with Crippen LogP contribution in [0.4, 0.5) is 27.6 Å². The molecule has 9 heteroatoms. The van der Waals surface area contributed by atoms with Gasteiger partial charge in [0.15, 0.2) is 11.6 Å². The molecule has 4 heterocycles. The first-order chi connectivity index (χ1) is 16.1. The molecular weight excluding hydrogens is 423 g/mol. The van der Waals surface area contributed by atoms with Gasteiger partial charge in [-0.1, -0.05) is 0 Å². The van der Waals surface area contributed by atoms with Crippen molar-refractivity contribution in [2.45, 2.75) is 26.3 Å². The minimum Gasteiger partial charge on any atom is -0.486 e. The Morgan fingerprint density at radius 1 is 1.15 bits per heavy atom. The quantitative estimate of drug-likeness (QED) is 0.601. The molecule has 8 nitrogen and oxygen atoms in total. The largest absolute Gasteiger partial charge is 0.486 e. The molecule has 5 rings (SSSR count). The topological polar surface area (TPSA) is 78.7 Å². The lowest BCUT2D eigenvalue weighted by molar-refractivity contribution is 0.287. The van der Waals surface area contributed by atoms with Crippen LogP contribution in [0.3, 0.4) is 0 Å². The molecule has 2 aliphatic heterocycles. The summed E-state index contributed by atoms with van der Waals surface area (Å²) in [6.07, 6.45) is 4.49. The molecule has 2 N–H and O–H groups in total. The van der Waals surface area contributed by atoms with Gasteiger partial charge in [0, 0.05) is 31.2 Å². The van der Waals surface area contributed by atoms with Crippen LogP contribution in [0.1, 0.15) is 20.3 Å². The fraction of sp³-hybridized carbons (Fsp3) is 0.417. The third kappa shape index (κ3) is 4.59. The lowest BCUT2D eigenvalue weighted by atomic mass is 10.1. The average Bonchev–Trinajstić information content (AvgIpc) is 3.11. The highest BCUT2D eigenvalue weighted by Gasteiger charge is 2.25. The number of nitrogens with zero attached hydrogens (tertiary/aromatic N) is 4. The minimum atomic E-state index is -0.397. The number of ether oxygens (including phenoxy) is 1. The Labute approximate surface area is 192 Å². The van der Waals surface area contributed by atoms with E-state index < -0.39 is 5.82 Å². The highest BCUT2D eigenvalue weighted by Crippen LogP contribution is 2.39. The van der Waals surface area contributed by atoms with Crippen LogP contribution in [-0.4, -0.2) is 55.3 Å². The Morgan fingerprint density at radius 2 is 2.06 bits per heavy atom. The smallest absolute Gasteiger partial charge is 0.300 e. The minimum absolute atomic E-state index is 0.233. The van der Waals surface area contributed by atoms with E-state index in [4.69, 9.17) is 9.15 Å². The van der Waals surface area contributed by atoms with Gasteiger partial charge in [0.05, 0.1) is 24.1 Å². The fourth-order valence-corrected chi connectivity index (χ4v) is 4.31. The van der Waals surface area contributed by atoms with Crippen molar-refractivity contribution in [2.75, 3.05) is 54.4 Å². The summed E-state index contributed by atoms with van der Waals surface area (Å²) in [7, 11) is 0. The zero-order valence-electron chi connectivity index (χ0n) is 19.0. The first-order valence-corrected chi connectivity index (χ1v) is 11.5. The van der Waals surface area contributed by atoms with E-state index in [0.717, 1.165) is 50.5 Å². The molecule has 0 amide bonds. The van der Waals surface area contributed by atoms with Crippen molar-refractivity contribution in [3.8, 4) is 17.0 Å². The fourth-order valence-electron chi connectivity index (χ4n) is 4.31. The van der Waals surface area contributed by atoms with Crippen LogP contribution < -0.4 is 25.2 Å². The second kappa shape index (κ2) is 9.27. The Kier molecular flexibility index (Phi) is 6.04. The van der Waals surface area contributed by atoms with Gasteiger partial charge in [-0.25, -0.2) is 9.37 Å². The van der Waals surface area contributed by atoms with Crippen molar-refractivity contribution < 1.29 is 13.5 Å². The molecule has 0 radical (unpaired) electrons. The van der Waals surface area contributed by atoms with E-state index >= 15 is 0 Å². The number of pyridine rings is 1. The summed E-state index contributed by atoms with van der Waals surface area (Å²) >= 11 is 0. The number of oxazole rings is 1. The molecule has 2 aliphatic rings. The lowest BCUT2D eigenvalue weighted by Gasteiger charge is -2.34. The Balaban J connectivity index is 1.32. The average molecular weight is 453 g/mol. The molecule has 2 aromatic heterocycles. The standard InChI is InChI=1S/C24H29FN6O2/c1-16(2)31-10-11-32-23-19(25)12-17(13-21(23)31)20-15-33-24(28-20)29-22-5-4-18(14-27-22)30-8-3-6-26-7-9-30/h4-5,12-16,26H,3,6-11H2,1-2H3,(H,27,28,29). The van der Waals surface area contributed by atoms with Crippen molar-refractivity contribution in [2.24, 2.45) is 0 Å². The Hall–Kier alpha value is -3.33. The SMILES string of the molecule is CC(C)N1CCOc2c(F)cc(-c3coc(Nc4ccc(N5CCCNCC5)cn4)n3)cc21. The highest BCUT2D eigenvalue weighted by atomic mass is 19.1. The van der Waals surface area contributed by atoms with Crippen LogP contribution in [0.25, 0.3) is 11.3 Å². The van der Waals surface area contributed by atoms with Gasteiger partial charge in [0.25, 0.3) is 0 Å². The zero-order valence-corrected chi connectivity index (χ0v) is 19.0. The van der Waals surface area contributed by atoms with E-state index in [-0.39, 0.29) is 6.04 Å². The van der Waals surface area contributed by atoms with Crippen molar-refractivity contribution in [3.63, 3.8) is 0 Å². The Morgan fingerprint density at radius 3 is 2.88 bits per heavy atom. The monoisotopic (exact) mass is 452 g/mol. The molecule has 33 heavy (non-hydrogen) atoms. The van der Waals surface area contributed by atoms with E-state index in [1.54, 1.807) is 0 Å². The number of rotatable bonds is 5. The molecule has 0 aliphatic carbocycles. The summed E-state index contributed by atoms with van der Waals surface area (Å²) in [5.41, 5.74) is 3.02. The van der Waals surface area contributed by atoms with E-state index in [1.165, 1.54) is 12.3 Å². The number of nitrogens with one attached hydrogen (secondary N) is 2. The summed E-state index contributed by atoms with van der Waals surface area (Å²) in [4.78, 5) is 13.5. The third-order valence-corrected chi connectivity index (χ3v) is 6.02. The summed E-state index contributed by atoms with van der Waals surface area (Å²) < 4.78 is 26.0. The first kappa shape index (κ1) is 21.5. The van der Waals surface area contributed by atoms with Crippen LogP contribution in [0.5, 0.6) is 5.75 Å². The number of aromatic nitrogens is 2.